The van der Waals surface area contributed by atoms with Gasteiger partial charge >= 0.3 is 0 Å². The van der Waals surface area contributed by atoms with Crippen molar-refractivity contribution in [3.63, 3.8) is 0 Å². The van der Waals surface area contributed by atoms with E-state index in [0.717, 1.165) is 5.56 Å². The van der Waals surface area contributed by atoms with Gasteiger partial charge in [0.2, 0.25) is 6.79 Å². The SMILES string of the molecule is Cc1cccc(CNc2cc(C(=O)Nc3ccc4c(c3)OCO4)nc(C)n2)c1. The average molecular weight is 376 g/mol. The molecule has 3 aromatic rings. The van der Waals surface area contributed by atoms with Gasteiger partial charge in [-0.25, -0.2) is 9.97 Å². The van der Waals surface area contributed by atoms with Crippen LogP contribution in [0.3, 0.4) is 0 Å². The Bertz CT molecular complexity index is 1040. The molecule has 7 nitrogen and oxygen atoms in total. The summed E-state index contributed by atoms with van der Waals surface area (Å²) in [6.45, 7) is 4.61. The molecule has 7 heteroatoms. The highest BCUT2D eigenvalue weighted by Gasteiger charge is 2.16. The Kier molecular flexibility index (Phi) is 4.80. The first-order valence-corrected chi connectivity index (χ1v) is 8.93. The van der Waals surface area contributed by atoms with Gasteiger partial charge in [-0.3, -0.25) is 4.79 Å². The lowest BCUT2D eigenvalue weighted by atomic mass is 10.1. The number of aromatic nitrogens is 2. The number of hydrogen-bond acceptors (Lipinski definition) is 6. The number of rotatable bonds is 5. The molecule has 2 aromatic carbocycles. The molecule has 2 N–H and O–H groups in total. The number of nitrogens with one attached hydrogen (secondary N) is 2. The van der Waals surface area contributed by atoms with Crippen molar-refractivity contribution in [2.24, 2.45) is 0 Å². The maximum Gasteiger partial charge on any atom is 0.274 e. The zero-order chi connectivity index (χ0) is 19.5. The molecule has 1 amide bonds. The summed E-state index contributed by atoms with van der Waals surface area (Å²) in [4.78, 5) is 21.3. The highest BCUT2D eigenvalue weighted by atomic mass is 16.7. The summed E-state index contributed by atoms with van der Waals surface area (Å²) >= 11 is 0. The predicted octanol–water partition coefficient (Wildman–Crippen LogP) is 3.69. The molecule has 0 radical (unpaired) electrons. The quantitative estimate of drug-likeness (QED) is 0.706. The Balaban J connectivity index is 1.47. The maximum atomic E-state index is 12.6. The van der Waals surface area contributed by atoms with Crippen molar-refractivity contribution >= 4 is 17.4 Å². The van der Waals surface area contributed by atoms with Crippen LogP contribution in [-0.2, 0) is 6.54 Å². The van der Waals surface area contributed by atoms with Gasteiger partial charge in [0.15, 0.2) is 11.5 Å². The zero-order valence-corrected chi connectivity index (χ0v) is 15.7. The molecular formula is C21H20N4O3. The second-order valence-electron chi connectivity index (χ2n) is 6.55. The second kappa shape index (κ2) is 7.56. The lowest BCUT2D eigenvalue weighted by Gasteiger charge is -2.10. The zero-order valence-electron chi connectivity index (χ0n) is 15.7. The van der Waals surface area contributed by atoms with Gasteiger partial charge in [-0.1, -0.05) is 29.8 Å². The maximum absolute atomic E-state index is 12.6. The number of fused-ring (bicyclic) bond motifs is 1. The van der Waals surface area contributed by atoms with Crippen LogP contribution in [0.1, 0.15) is 27.4 Å². The van der Waals surface area contributed by atoms with E-state index in [4.69, 9.17) is 9.47 Å². The van der Waals surface area contributed by atoms with Gasteiger partial charge in [0, 0.05) is 24.4 Å². The van der Waals surface area contributed by atoms with Crippen LogP contribution < -0.4 is 20.1 Å². The monoisotopic (exact) mass is 376 g/mol. The van der Waals surface area contributed by atoms with Gasteiger partial charge in [0.05, 0.1) is 0 Å². The molecule has 1 aromatic heterocycles. The topological polar surface area (TPSA) is 85.4 Å². The normalized spacial score (nSPS) is 11.9. The minimum atomic E-state index is -0.317. The average Bonchev–Trinajstić information content (AvgIpc) is 3.14. The number of ether oxygens (including phenoxy) is 2. The molecule has 0 bridgehead atoms. The number of hydrogen-bond donors (Lipinski definition) is 2. The van der Waals surface area contributed by atoms with E-state index in [1.54, 1.807) is 31.2 Å². The molecule has 1 aliphatic rings. The highest BCUT2D eigenvalue weighted by molar-refractivity contribution is 6.03. The molecule has 0 spiro atoms. The molecule has 142 valence electrons. The van der Waals surface area contributed by atoms with E-state index < -0.39 is 0 Å². The number of amides is 1. The highest BCUT2D eigenvalue weighted by Crippen LogP contribution is 2.34. The van der Waals surface area contributed by atoms with E-state index in [2.05, 4.69) is 39.7 Å². The van der Waals surface area contributed by atoms with Gasteiger partial charge in [0.25, 0.3) is 5.91 Å². The van der Waals surface area contributed by atoms with E-state index in [1.807, 2.05) is 12.1 Å². The van der Waals surface area contributed by atoms with E-state index in [9.17, 15) is 4.79 Å². The number of carbonyl (C=O) groups is 1. The molecule has 0 fully saturated rings. The summed E-state index contributed by atoms with van der Waals surface area (Å²) in [6.07, 6.45) is 0. The number of benzene rings is 2. The van der Waals surface area contributed by atoms with Crippen LogP contribution in [0.4, 0.5) is 11.5 Å². The lowest BCUT2D eigenvalue weighted by Crippen LogP contribution is -2.15. The van der Waals surface area contributed by atoms with Gasteiger partial charge < -0.3 is 20.1 Å². The van der Waals surface area contributed by atoms with Crippen LogP contribution >= 0.6 is 0 Å². The fraction of sp³-hybridized carbons (Fsp3) is 0.190. The second-order valence-corrected chi connectivity index (χ2v) is 6.55. The smallest absolute Gasteiger partial charge is 0.274 e. The van der Waals surface area contributed by atoms with Crippen molar-refractivity contribution in [2.75, 3.05) is 17.4 Å². The Morgan fingerprint density at radius 1 is 1.04 bits per heavy atom. The number of aryl methyl sites for hydroxylation is 2. The Morgan fingerprint density at radius 3 is 2.75 bits per heavy atom. The summed E-state index contributed by atoms with van der Waals surface area (Å²) in [5, 5.41) is 6.09. The van der Waals surface area contributed by atoms with Gasteiger partial charge in [-0.15, -0.1) is 0 Å². The standard InChI is InChI=1S/C21H20N4O3/c1-13-4-3-5-15(8-13)11-22-20-10-17(23-14(2)24-20)21(26)25-16-6-7-18-19(9-16)28-12-27-18/h3-10H,11-12H2,1-2H3,(H,25,26)(H,22,23,24). The molecule has 0 aliphatic carbocycles. The van der Waals surface area contributed by atoms with E-state index in [1.165, 1.54) is 5.56 Å². The van der Waals surface area contributed by atoms with Gasteiger partial charge in [0.1, 0.15) is 17.3 Å². The van der Waals surface area contributed by atoms with Crippen LogP contribution in [-0.4, -0.2) is 22.7 Å². The third-order valence-corrected chi connectivity index (χ3v) is 4.26. The van der Waals surface area contributed by atoms with Gasteiger partial charge in [-0.2, -0.15) is 0 Å². The summed E-state index contributed by atoms with van der Waals surface area (Å²) in [6, 6.07) is 15.1. The summed E-state index contributed by atoms with van der Waals surface area (Å²) in [7, 11) is 0. The molecule has 4 rings (SSSR count). The molecule has 2 heterocycles. The van der Waals surface area contributed by atoms with Gasteiger partial charge in [-0.05, 0) is 31.5 Å². The predicted molar refractivity (Wildman–Crippen MR) is 106 cm³/mol. The van der Waals surface area contributed by atoms with Crippen molar-refractivity contribution in [1.82, 2.24) is 9.97 Å². The third kappa shape index (κ3) is 4.03. The number of nitrogens with zero attached hydrogens (tertiary/aromatic N) is 2. The Hall–Kier alpha value is -3.61. The minimum absolute atomic E-state index is 0.188. The van der Waals surface area contributed by atoms with E-state index >= 15 is 0 Å². The summed E-state index contributed by atoms with van der Waals surface area (Å²) in [5.41, 5.74) is 3.24. The molecule has 0 atom stereocenters. The Labute approximate surface area is 162 Å². The van der Waals surface area contributed by atoms with Crippen molar-refractivity contribution < 1.29 is 14.3 Å². The van der Waals surface area contributed by atoms with E-state index in [0.29, 0.717) is 35.4 Å². The van der Waals surface area contributed by atoms with E-state index in [-0.39, 0.29) is 18.4 Å². The molecular weight excluding hydrogens is 356 g/mol. The Morgan fingerprint density at radius 2 is 1.89 bits per heavy atom. The third-order valence-electron chi connectivity index (χ3n) is 4.26. The fourth-order valence-electron chi connectivity index (χ4n) is 2.96. The van der Waals surface area contributed by atoms with Crippen molar-refractivity contribution in [2.45, 2.75) is 20.4 Å². The minimum Gasteiger partial charge on any atom is -0.454 e. The first-order chi connectivity index (χ1) is 13.6. The summed E-state index contributed by atoms with van der Waals surface area (Å²) in [5.74, 6) is 2.08. The molecule has 1 aliphatic heterocycles. The summed E-state index contributed by atoms with van der Waals surface area (Å²) < 4.78 is 10.6. The van der Waals surface area contributed by atoms with Crippen molar-refractivity contribution in [1.29, 1.82) is 0 Å². The fourth-order valence-corrected chi connectivity index (χ4v) is 2.96. The first-order valence-electron chi connectivity index (χ1n) is 8.93. The van der Waals surface area contributed by atoms with Crippen LogP contribution in [0.15, 0.2) is 48.5 Å². The van der Waals surface area contributed by atoms with Crippen molar-refractivity contribution in [3.05, 3.63) is 71.2 Å². The van der Waals surface area contributed by atoms with Crippen LogP contribution in [0.2, 0.25) is 0 Å². The van der Waals surface area contributed by atoms with Crippen LogP contribution in [0.5, 0.6) is 11.5 Å². The lowest BCUT2D eigenvalue weighted by molar-refractivity contribution is 0.102. The van der Waals surface area contributed by atoms with Crippen LogP contribution in [0, 0.1) is 13.8 Å². The molecule has 28 heavy (non-hydrogen) atoms. The molecule has 0 saturated carbocycles. The number of carbonyl (C=O) groups excluding carboxylic acids is 1. The molecule has 0 saturated heterocycles. The van der Waals surface area contributed by atoms with Crippen molar-refractivity contribution in [3.8, 4) is 11.5 Å². The first kappa shape index (κ1) is 17.8. The molecule has 0 unspecified atom stereocenters. The number of anilines is 2. The van der Waals surface area contributed by atoms with Crippen LogP contribution in [0.25, 0.3) is 0 Å². The largest absolute Gasteiger partial charge is 0.454 e.